The van der Waals surface area contributed by atoms with Crippen LogP contribution in [0, 0.1) is 11.8 Å². The molecule has 0 saturated carbocycles. The van der Waals surface area contributed by atoms with Gasteiger partial charge in [-0.15, -0.1) is 0 Å². The average molecular weight is 525 g/mol. The highest BCUT2D eigenvalue weighted by atomic mass is 16.7. The quantitative estimate of drug-likeness (QED) is 0.437. The van der Waals surface area contributed by atoms with Crippen LogP contribution in [-0.4, -0.2) is 57.8 Å². The number of aliphatic hydroxyl groups is 1. The van der Waals surface area contributed by atoms with E-state index >= 15 is 0 Å². The van der Waals surface area contributed by atoms with Gasteiger partial charge in [0.2, 0.25) is 5.78 Å². The van der Waals surface area contributed by atoms with E-state index in [9.17, 15) is 29.7 Å². The number of aromatic hydroxyl groups is 2. The Labute approximate surface area is 220 Å². The van der Waals surface area contributed by atoms with Crippen molar-refractivity contribution in [3.63, 3.8) is 0 Å². The molecule has 0 bridgehead atoms. The van der Waals surface area contributed by atoms with Crippen LogP contribution in [-0.2, 0) is 20.7 Å². The van der Waals surface area contributed by atoms with Gasteiger partial charge in [-0.2, -0.15) is 0 Å². The number of rotatable bonds is 4. The van der Waals surface area contributed by atoms with E-state index in [4.69, 9.17) is 14.2 Å². The number of phenols is 2. The average Bonchev–Trinajstić information content (AvgIpc) is 2.87. The van der Waals surface area contributed by atoms with Crippen LogP contribution in [0.15, 0.2) is 18.2 Å². The Hall–Kier alpha value is -3.27. The van der Waals surface area contributed by atoms with Gasteiger partial charge >= 0.3 is 0 Å². The summed E-state index contributed by atoms with van der Waals surface area (Å²) in [6.07, 6.45) is -1.96. The van der Waals surface area contributed by atoms with E-state index in [-0.39, 0.29) is 69.9 Å². The number of ketones is 3. The molecule has 1 aliphatic heterocycles. The number of hydrogen-bond acceptors (Lipinski definition) is 9. The number of hydrogen-bond donors (Lipinski definition) is 3. The minimum absolute atomic E-state index is 0.00651. The topological polar surface area (TPSA) is 140 Å². The summed E-state index contributed by atoms with van der Waals surface area (Å²) in [6.45, 7) is 7.33. The van der Waals surface area contributed by atoms with Gasteiger partial charge in [0, 0.05) is 36.0 Å². The maximum atomic E-state index is 13.7. The molecule has 0 amide bonds. The van der Waals surface area contributed by atoms with Crippen molar-refractivity contribution >= 4 is 17.3 Å². The highest BCUT2D eigenvalue weighted by molar-refractivity contribution is 6.31. The molecule has 3 aliphatic rings. The third kappa shape index (κ3) is 3.83. The van der Waals surface area contributed by atoms with Crippen LogP contribution >= 0.6 is 0 Å². The first-order valence-corrected chi connectivity index (χ1v) is 12.8. The predicted molar refractivity (Wildman–Crippen MR) is 135 cm³/mol. The second kappa shape index (κ2) is 9.18. The SMILES string of the molecule is COc1cccc2c1C(=O)c1c(O)c3c(c(O)c1C2=O)C[C@@](O)(C(C)=O)C[C@@H]3O[C@H]1CC(C)[C@H](C)C(C)O1. The van der Waals surface area contributed by atoms with E-state index in [0.717, 1.165) is 0 Å². The number of fused-ring (bicyclic) bond motifs is 3. The van der Waals surface area contributed by atoms with Gasteiger partial charge in [0.05, 0.1) is 36.0 Å². The summed E-state index contributed by atoms with van der Waals surface area (Å²) in [5.74, 6) is -2.29. The van der Waals surface area contributed by atoms with Crippen LogP contribution in [0.2, 0.25) is 0 Å². The number of benzene rings is 2. The maximum absolute atomic E-state index is 13.7. The number of ether oxygens (including phenoxy) is 3. The molecule has 0 spiro atoms. The number of methoxy groups -OCH3 is 1. The summed E-state index contributed by atoms with van der Waals surface area (Å²) in [7, 11) is 1.37. The lowest BCUT2D eigenvalue weighted by molar-refractivity contribution is -0.243. The third-order valence-electron chi connectivity index (χ3n) is 8.62. The van der Waals surface area contributed by atoms with E-state index in [2.05, 4.69) is 13.8 Å². The Morgan fingerprint density at radius 2 is 1.74 bits per heavy atom. The molecule has 0 aromatic heterocycles. The van der Waals surface area contributed by atoms with Crippen molar-refractivity contribution in [2.45, 2.75) is 71.1 Å². The van der Waals surface area contributed by atoms with Crippen molar-refractivity contribution in [2.75, 3.05) is 7.11 Å². The van der Waals surface area contributed by atoms with Crippen molar-refractivity contribution in [2.24, 2.45) is 11.8 Å². The van der Waals surface area contributed by atoms with Crippen LogP contribution in [0.5, 0.6) is 17.2 Å². The molecule has 2 aliphatic carbocycles. The van der Waals surface area contributed by atoms with Gasteiger partial charge in [0.25, 0.3) is 0 Å². The molecule has 2 aromatic carbocycles. The molecule has 9 heteroatoms. The first kappa shape index (κ1) is 26.3. The van der Waals surface area contributed by atoms with Gasteiger partial charge in [0.15, 0.2) is 17.9 Å². The molecule has 202 valence electrons. The van der Waals surface area contributed by atoms with Crippen molar-refractivity contribution < 1.29 is 43.9 Å². The second-order valence-corrected chi connectivity index (χ2v) is 10.8. The Morgan fingerprint density at radius 1 is 1.05 bits per heavy atom. The van der Waals surface area contributed by atoms with Gasteiger partial charge in [0.1, 0.15) is 22.8 Å². The van der Waals surface area contributed by atoms with Crippen molar-refractivity contribution in [3.8, 4) is 17.2 Å². The molecule has 1 saturated heterocycles. The van der Waals surface area contributed by atoms with Crippen molar-refractivity contribution in [3.05, 3.63) is 51.6 Å². The zero-order valence-electron chi connectivity index (χ0n) is 22.0. The minimum Gasteiger partial charge on any atom is -0.507 e. The van der Waals surface area contributed by atoms with Crippen LogP contribution in [0.3, 0.4) is 0 Å². The first-order chi connectivity index (χ1) is 17.9. The number of carbonyl (C=O) groups excluding carboxylic acids is 3. The fourth-order valence-electron chi connectivity index (χ4n) is 5.97. The molecule has 2 aromatic rings. The zero-order valence-corrected chi connectivity index (χ0v) is 22.0. The van der Waals surface area contributed by atoms with Gasteiger partial charge in [-0.3, -0.25) is 14.4 Å². The van der Waals surface area contributed by atoms with Gasteiger partial charge in [-0.1, -0.05) is 26.0 Å². The highest BCUT2D eigenvalue weighted by Gasteiger charge is 2.49. The standard InChI is InChI=1S/C29H32O9/c1-12-9-20(37-14(3)13(12)2)38-19-11-29(35,15(4)30)10-17-22(19)28(34)24-23(26(17)32)25(31)16-7-6-8-18(36-5)21(16)27(24)33/h6-8,12-14,19-20,32,34-35H,9-11H2,1-5H3/t12?,13-,14?,19-,20-,29-/m0/s1. The normalized spacial score (nSPS) is 30.3. The minimum atomic E-state index is -1.92. The molecule has 1 fully saturated rings. The molecule has 3 N–H and O–H groups in total. The van der Waals surface area contributed by atoms with E-state index in [1.54, 1.807) is 6.07 Å². The smallest absolute Gasteiger partial charge is 0.202 e. The monoisotopic (exact) mass is 524 g/mol. The second-order valence-electron chi connectivity index (χ2n) is 10.8. The molecule has 6 atom stereocenters. The fraction of sp³-hybridized carbons (Fsp3) is 0.483. The summed E-state index contributed by atoms with van der Waals surface area (Å²) in [5, 5.41) is 34.2. The zero-order chi connectivity index (χ0) is 27.7. The molecular weight excluding hydrogens is 492 g/mol. The number of carbonyl (C=O) groups is 3. The third-order valence-corrected chi connectivity index (χ3v) is 8.62. The lowest BCUT2D eigenvalue weighted by Gasteiger charge is -2.42. The molecule has 2 unspecified atom stereocenters. The van der Waals surface area contributed by atoms with E-state index < -0.39 is 46.8 Å². The Balaban J connectivity index is 1.68. The van der Waals surface area contributed by atoms with Gasteiger partial charge < -0.3 is 29.5 Å². The Morgan fingerprint density at radius 3 is 2.37 bits per heavy atom. The number of phenolic OH excluding ortho intramolecular Hbond substituents is 2. The predicted octanol–water partition coefficient (Wildman–Crippen LogP) is 3.61. The largest absolute Gasteiger partial charge is 0.507 e. The summed E-state index contributed by atoms with van der Waals surface area (Å²) in [6, 6.07) is 4.53. The van der Waals surface area contributed by atoms with Crippen LogP contribution in [0.25, 0.3) is 0 Å². The first-order valence-electron chi connectivity index (χ1n) is 12.8. The lowest BCUT2D eigenvalue weighted by atomic mass is 9.72. The summed E-state index contributed by atoms with van der Waals surface area (Å²) in [4.78, 5) is 39.7. The number of Topliss-reactive ketones (excluding diaryl/α,β-unsaturated/α-hetero) is 1. The lowest BCUT2D eigenvalue weighted by Crippen LogP contribution is -2.46. The van der Waals surface area contributed by atoms with Crippen molar-refractivity contribution in [1.29, 1.82) is 0 Å². The fourth-order valence-corrected chi connectivity index (χ4v) is 5.97. The summed E-state index contributed by atoms with van der Waals surface area (Å²) in [5.41, 5.74) is -2.58. The van der Waals surface area contributed by atoms with Crippen LogP contribution in [0.4, 0.5) is 0 Å². The van der Waals surface area contributed by atoms with Crippen molar-refractivity contribution in [1.82, 2.24) is 0 Å². The van der Waals surface area contributed by atoms with E-state index in [1.807, 2.05) is 6.92 Å². The maximum Gasteiger partial charge on any atom is 0.202 e. The summed E-state index contributed by atoms with van der Waals surface area (Å²) >= 11 is 0. The molecule has 9 nitrogen and oxygen atoms in total. The van der Waals surface area contributed by atoms with Gasteiger partial charge in [-0.25, -0.2) is 0 Å². The molecule has 5 rings (SSSR count). The van der Waals surface area contributed by atoms with E-state index in [0.29, 0.717) is 6.42 Å². The Kier molecular flexibility index (Phi) is 6.37. The van der Waals surface area contributed by atoms with E-state index in [1.165, 1.54) is 26.2 Å². The van der Waals surface area contributed by atoms with Crippen LogP contribution < -0.4 is 4.74 Å². The Bertz CT molecular complexity index is 1350. The summed E-state index contributed by atoms with van der Waals surface area (Å²) < 4.78 is 17.6. The van der Waals surface area contributed by atoms with Crippen LogP contribution in [0.1, 0.15) is 89.6 Å². The molecule has 1 heterocycles. The molecule has 38 heavy (non-hydrogen) atoms. The molecular formula is C29H32O9. The highest BCUT2D eigenvalue weighted by Crippen LogP contribution is 2.52. The van der Waals surface area contributed by atoms with Gasteiger partial charge in [-0.05, 0) is 31.7 Å². The molecule has 0 radical (unpaired) electrons.